The summed E-state index contributed by atoms with van der Waals surface area (Å²) in [6.45, 7) is 2.18. The van der Waals surface area contributed by atoms with Gasteiger partial charge in [0, 0.05) is 6.04 Å². The monoisotopic (exact) mass is 325 g/mol. The lowest BCUT2D eigenvalue weighted by atomic mass is 9.82. The van der Waals surface area contributed by atoms with Crippen molar-refractivity contribution < 1.29 is 14.6 Å². The fourth-order valence-electron chi connectivity index (χ4n) is 3.45. The van der Waals surface area contributed by atoms with E-state index in [1.807, 2.05) is 36.4 Å². The number of hydrogen-bond acceptors (Lipinski definition) is 3. The number of hydrogen-bond donors (Lipinski definition) is 2. The van der Waals surface area contributed by atoms with Crippen LogP contribution in [0.25, 0.3) is 11.1 Å². The molecule has 126 valence electrons. The molecule has 4 heteroatoms. The lowest BCUT2D eigenvalue weighted by molar-refractivity contribution is -0.140. The lowest BCUT2D eigenvalue weighted by Crippen LogP contribution is -2.45. The normalized spacial score (nSPS) is 23.7. The van der Waals surface area contributed by atoms with Crippen molar-refractivity contribution in [2.75, 3.05) is 7.11 Å². The van der Waals surface area contributed by atoms with E-state index in [4.69, 9.17) is 4.74 Å². The van der Waals surface area contributed by atoms with Crippen LogP contribution in [0.2, 0.25) is 0 Å². The van der Waals surface area contributed by atoms with Gasteiger partial charge in [-0.1, -0.05) is 43.3 Å². The topological polar surface area (TPSA) is 58.6 Å². The largest absolute Gasteiger partial charge is 0.497 e. The summed E-state index contributed by atoms with van der Waals surface area (Å²) < 4.78 is 5.23. The molecule has 24 heavy (non-hydrogen) atoms. The van der Waals surface area contributed by atoms with Crippen molar-refractivity contribution in [3.63, 3.8) is 0 Å². The third kappa shape index (κ3) is 3.29. The molecule has 3 atom stereocenters. The maximum absolute atomic E-state index is 11.4. The van der Waals surface area contributed by atoms with E-state index in [1.165, 1.54) is 0 Å². The van der Waals surface area contributed by atoms with Crippen molar-refractivity contribution in [1.82, 2.24) is 5.32 Å². The summed E-state index contributed by atoms with van der Waals surface area (Å²) in [4.78, 5) is 11.4. The Kier molecular flexibility index (Phi) is 4.86. The zero-order valence-corrected chi connectivity index (χ0v) is 14.0. The summed E-state index contributed by atoms with van der Waals surface area (Å²) in [5.41, 5.74) is 3.40. The maximum atomic E-state index is 11.4. The highest BCUT2D eigenvalue weighted by molar-refractivity contribution is 5.74. The van der Waals surface area contributed by atoms with Crippen LogP contribution in [0, 0.1) is 5.92 Å². The number of nitrogens with one attached hydrogen (secondary N) is 1. The van der Waals surface area contributed by atoms with Gasteiger partial charge in [-0.15, -0.1) is 0 Å². The van der Waals surface area contributed by atoms with Crippen LogP contribution in [-0.4, -0.2) is 24.2 Å². The van der Waals surface area contributed by atoms with E-state index in [-0.39, 0.29) is 6.04 Å². The molecule has 0 bridgehead atoms. The first-order valence-corrected chi connectivity index (χ1v) is 8.32. The Hall–Kier alpha value is -2.33. The third-order valence-electron chi connectivity index (χ3n) is 4.86. The smallest absolute Gasteiger partial charge is 0.320 e. The first kappa shape index (κ1) is 16.5. The summed E-state index contributed by atoms with van der Waals surface area (Å²) in [6.07, 6.45) is 1.59. The Bertz CT molecular complexity index is 711. The standard InChI is InChI=1S/C20H23NO3/c1-13-7-12-18(20(22)23)21-19(13)17-6-4-3-5-16(17)14-8-10-15(24-2)11-9-14/h3-6,8-11,13,18-19,21H,7,12H2,1-2H3,(H,22,23)/t13-,18+,19-/m1/s1. The molecule has 3 rings (SSSR count). The van der Waals surface area contributed by atoms with E-state index in [2.05, 4.69) is 24.4 Å². The van der Waals surface area contributed by atoms with Gasteiger partial charge in [-0.3, -0.25) is 10.1 Å². The van der Waals surface area contributed by atoms with Gasteiger partial charge in [0.25, 0.3) is 0 Å². The molecule has 0 unspecified atom stereocenters. The van der Waals surface area contributed by atoms with Gasteiger partial charge in [0.2, 0.25) is 0 Å². The summed E-state index contributed by atoms with van der Waals surface area (Å²) in [6, 6.07) is 15.8. The van der Waals surface area contributed by atoms with Crippen LogP contribution in [0.15, 0.2) is 48.5 Å². The van der Waals surface area contributed by atoms with E-state index < -0.39 is 12.0 Å². The van der Waals surface area contributed by atoms with Crippen molar-refractivity contribution in [2.24, 2.45) is 5.92 Å². The summed E-state index contributed by atoms with van der Waals surface area (Å²) in [5.74, 6) is 0.445. The first-order chi connectivity index (χ1) is 11.6. The van der Waals surface area contributed by atoms with Crippen LogP contribution in [0.5, 0.6) is 5.75 Å². The van der Waals surface area contributed by atoms with Crippen LogP contribution in [0.3, 0.4) is 0 Å². The fourth-order valence-corrected chi connectivity index (χ4v) is 3.45. The SMILES string of the molecule is COc1ccc(-c2ccccc2[C@@H]2N[C@H](C(=O)O)CC[C@H]2C)cc1. The van der Waals surface area contributed by atoms with Crippen LogP contribution < -0.4 is 10.1 Å². The molecule has 1 fully saturated rings. The molecule has 4 nitrogen and oxygen atoms in total. The molecular formula is C20H23NO3. The molecule has 0 amide bonds. The molecule has 1 aliphatic rings. The van der Waals surface area contributed by atoms with Gasteiger partial charge < -0.3 is 9.84 Å². The highest BCUT2D eigenvalue weighted by Crippen LogP contribution is 2.37. The Balaban J connectivity index is 1.97. The summed E-state index contributed by atoms with van der Waals surface area (Å²) in [5, 5.41) is 12.7. The van der Waals surface area contributed by atoms with Crippen molar-refractivity contribution >= 4 is 5.97 Å². The molecule has 0 saturated carbocycles. The van der Waals surface area contributed by atoms with E-state index in [0.29, 0.717) is 12.3 Å². The summed E-state index contributed by atoms with van der Waals surface area (Å²) in [7, 11) is 1.66. The van der Waals surface area contributed by atoms with Gasteiger partial charge >= 0.3 is 5.97 Å². The van der Waals surface area contributed by atoms with Crippen LogP contribution in [0.4, 0.5) is 0 Å². The number of carbonyl (C=O) groups is 1. The van der Waals surface area contributed by atoms with Crippen molar-refractivity contribution in [3.8, 4) is 16.9 Å². The minimum absolute atomic E-state index is 0.0400. The number of benzene rings is 2. The Morgan fingerprint density at radius 1 is 1.12 bits per heavy atom. The zero-order valence-electron chi connectivity index (χ0n) is 14.0. The number of piperidine rings is 1. The molecule has 0 radical (unpaired) electrons. The molecule has 2 aromatic rings. The Morgan fingerprint density at radius 2 is 1.83 bits per heavy atom. The minimum atomic E-state index is -0.770. The molecule has 0 aliphatic carbocycles. The van der Waals surface area contributed by atoms with Gasteiger partial charge in [0.15, 0.2) is 0 Å². The fraction of sp³-hybridized carbons (Fsp3) is 0.350. The van der Waals surface area contributed by atoms with Gasteiger partial charge in [0.05, 0.1) is 7.11 Å². The molecule has 1 heterocycles. The average Bonchev–Trinajstić information content (AvgIpc) is 2.62. The Morgan fingerprint density at radius 3 is 2.50 bits per heavy atom. The summed E-state index contributed by atoms with van der Waals surface area (Å²) >= 11 is 0. The van der Waals surface area contributed by atoms with E-state index >= 15 is 0 Å². The second kappa shape index (κ2) is 7.05. The molecule has 2 N–H and O–H groups in total. The van der Waals surface area contributed by atoms with Crippen molar-refractivity contribution in [1.29, 1.82) is 0 Å². The minimum Gasteiger partial charge on any atom is -0.497 e. The van der Waals surface area contributed by atoms with Crippen LogP contribution in [-0.2, 0) is 4.79 Å². The molecule has 0 aromatic heterocycles. The Labute approximate surface area is 142 Å². The van der Waals surface area contributed by atoms with Crippen LogP contribution in [0.1, 0.15) is 31.4 Å². The zero-order chi connectivity index (χ0) is 17.1. The van der Waals surface area contributed by atoms with Crippen molar-refractivity contribution in [3.05, 3.63) is 54.1 Å². The third-order valence-corrected chi connectivity index (χ3v) is 4.86. The van der Waals surface area contributed by atoms with Gasteiger partial charge in [-0.05, 0) is 47.6 Å². The number of rotatable bonds is 4. The predicted octanol–water partition coefficient (Wildman–Crippen LogP) is 3.88. The number of carboxylic acid groups (broad SMARTS) is 1. The van der Waals surface area contributed by atoms with Crippen LogP contribution >= 0.6 is 0 Å². The molecule has 1 aliphatic heterocycles. The molecule has 2 aromatic carbocycles. The van der Waals surface area contributed by atoms with E-state index in [9.17, 15) is 9.90 Å². The highest BCUT2D eigenvalue weighted by Gasteiger charge is 2.32. The lowest BCUT2D eigenvalue weighted by Gasteiger charge is -2.35. The molecule has 0 spiro atoms. The number of aliphatic carboxylic acids is 1. The average molecular weight is 325 g/mol. The van der Waals surface area contributed by atoms with E-state index in [0.717, 1.165) is 28.9 Å². The van der Waals surface area contributed by atoms with Gasteiger partial charge in [-0.2, -0.15) is 0 Å². The highest BCUT2D eigenvalue weighted by atomic mass is 16.5. The first-order valence-electron chi connectivity index (χ1n) is 8.32. The maximum Gasteiger partial charge on any atom is 0.320 e. The molecular weight excluding hydrogens is 302 g/mol. The second-order valence-corrected chi connectivity index (χ2v) is 6.41. The molecule has 1 saturated heterocycles. The van der Waals surface area contributed by atoms with Gasteiger partial charge in [0.1, 0.15) is 11.8 Å². The quantitative estimate of drug-likeness (QED) is 0.896. The second-order valence-electron chi connectivity index (χ2n) is 6.41. The number of carboxylic acids is 1. The van der Waals surface area contributed by atoms with Crippen molar-refractivity contribution in [2.45, 2.75) is 31.8 Å². The number of methoxy groups -OCH3 is 1. The predicted molar refractivity (Wildman–Crippen MR) is 94.1 cm³/mol. The number of ether oxygens (including phenoxy) is 1. The van der Waals surface area contributed by atoms with E-state index in [1.54, 1.807) is 7.11 Å². The van der Waals surface area contributed by atoms with Gasteiger partial charge in [-0.25, -0.2) is 0 Å².